The van der Waals surface area contributed by atoms with Crippen LogP contribution in [0.4, 0.5) is 0 Å². The molecule has 2 aromatic carbocycles. The molecular formula is C27H24N2O7. The number of aromatic nitrogens is 1. The van der Waals surface area contributed by atoms with Gasteiger partial charge in [0.1, 0.15) is 30.5 Å². The number of aliphatic hydroxyl groups is 1. The predicted molar refractivity (Wildman–Crippen MR) is 129 cm³/mol. The van der Waals surface area contributed by atoms with Gasteiger partial charge in [-0.15, -0.1) is 0 Å². The van der Waals surface area contributed by atoms with Crippen molar-refractivity contribution >= 4 is 17.4 Å². The van der Waals surface area contributed by atoms with Crippen LogP contribution >= 0.6 is 0 Å². The van der Waals surface area contributed by atoms with Crippen LogP contribution in [0.1, 0.15) is 22.7 Å². The van der Waals surface area contributed by atoms with Crippen molar-refractivity contribution in [3.8, 4) is 23.0 Å². The van der Waals surface area contributed by atoms with Crippen LogP contribution in [0.2, 0.25) is 0 Å². The van der Waals surface area contributed by atoms with Crippen LogP contribution in [0.3, 0.4) is 0 Å². The van der Waals surface area contributed by atoms with Gasteiger partial charge in [0.25, 0.3) is 11.7 Å². The standard InChI is InChI=1S/C27H24N2O7/c1-33-18-4-6-20(34-2)19(14-18)24-23(25(30)17-3-5-21-22(13-17)36-12-11-35-21)26(31)27(32)29(24)15-16-7-9-28-10-8-16/h3-10,13-14,24,30H,11-12,15H2,1-2H3/b25-23+. The Kier molecular flexibility index (Phi) is 6.20. The van der Waals surface area contributed by atoms with Crippen LogP contribution in [0.15, 0.2) is 66.5 Å². The summed E-state index contributed by atoms with van der Waals surface area (Å²) in [6.45, 7) is 0.915. The average molecular weight is 488 g/mol. The monoisotopic (exact) mass is 488 g/mol. The Morgan fingerprint density at radius 1 is 1.00 bits per heavy atom. The highest BCUT2D eigenvalue weighted by Gasteiger charge is 2.47. The molecule has 0 bridgehead atoms. The molecule has 36 heavy (non-hydrogen) atoms. The number of hydrogen-bond donors (Lipinski definition) is 1. The van der Waals surface area contributed by atoms with E-state index in [4.69, 9.17) is 18.9 Å². The average Bonchev–Trinajstić information content (AvgIpc) is 3.17. The highest BCUT2D eigenvalue weighted by molar-refractivity contribution is 6.46. The number of carbonyl (C=O) groups is 2. The number of benzene rings is 2. The van der Waals surface area contributed by atoms with Gasteiger partial charge in [-0.1, -0.05) is 0 Å². The third-order valence-electron chi connectivity index (χ3n) is 6.19. The number of Topliss-reactive ketones (excluding diaryl/α,β-unsaturated/α-hetero) is 1. The van der Waals surface area contributed by atoms with Gasteiger partial charge in [-0.2, -0.15) is 0 Å². The first kappa shape index (κ1) is 23.2. The van der Waals surface area contributed by atoms with E-state index >= 15 is 0 Å². The van der Waals surface area contributed by atoms with Crippen LogP contribution in [-0.4, -0.2) is 54.1 Å². The van der Waals surface area contributed by atoms with Gasteiger partial charge in [0, 0.05) is 30.1 Å². The summed E-state index contributed by atoms with van der Waals surface area (Å²) < 4.78 is 22.2. The SMILES string of the molecule is COc1ccc(OC)c(C2/C(=C(\O)c3ccc4c(c3)OCCO4)C(=O)C(=O)N2Cc2ccncc2)c1. The minimum absolute atomic E-state index is 0.0581. The molecular weight excluding hydrogens is 464 g/mol. The van der Waals surface area contributed by atoms with Crippen molar-refractivity contribution in [2.24, 2.45) is 0 Å². The van der Waals surface area contributed by atoms with Crippen molar-refractivity contribution in [1.82, 2.24) is 9.88 Å². The zero-order valence-corrected chi connectivity index (χ0v) is 19.8. The fraction of sp³-hybridized carbons (Fsp3) is 0.222. The molecule has 3 aromatic rings. The third kappa shape index (κ3) is 4.08. The summed E-state index contributed by atoms with van der Waals surface area (Å²) >= 11 is 0. The van der Waals surface area contributed by atoms with E-state index in [0.717, 1.165) is 5.56 Å². The van der Waals surface area contributed by atoms with Crippen molar-refractivity contribution in [2.75, 3.05) is 27.4 Å². The van der Waals surface area contributed by atoms with Gasteiger partial charge in [-0.05, 0) is 54.1 Å². The minimum atomic E-state index is -0.934. The lowest BCUT2D eigenvalue weighted by atomic mass is 9.94. The predicted octanol–water partition coefficient (Wildman–Crippen LogP) is 3.49. The van der Waals surface area contributed by atoms with Gasteiger partial charge in [0.15, 0.2) is 11.5 Å². The first-order chi connectivity index (χ1) is 17.5. The van der Waals surface area contributed by atoms with Gasteiger partial charge < -0.3 is 29.0 Å². The molecule has 1 amide bonds. The molecule has 0 radical (unpaired) electrons. The largest absolute Gasteiger partial charge is 0.507 e. The van der Waals surface area contributed by atoms with Crippen LogP contribution in [0.25, 0.3) is 5.76 Å². The molecule has 1 unspecified atom stereocenters. The van der Waals surface area contributed by atoms with Gasteiger partial charge >= 0.3 is 0 Å². The normalized spacial score (nSPS) is 18.3. The maximum Gasteiger partial charge on any atom is 0.295 e. The Morgan fingerprint density at radius 2 is 1.75 bits per heavy atom. The molecule has 1 fully saturated rings. The number of nitrogens with zero attached hydrogens (tertiary/aromatic N) is 2. The molecule has 1 N–H and O–H groups in total. The summed E-state index contributed by atoms with van der Waals surface area (Å²) in [5, 5.41) is 11.4. The Labute approximate surface area is 207 Å². The number of ketones is 1. The highest BCUT2D eigenvalue weighted by atomic mass is 16.6. The molecule has 2 aliphatic heterocycles. The van der Waals surface area contributed by atoms with E-state index < -0.39 is 17.7 Å². The molecule has 5 rings (SSSR count). The van der Waals surface area contributed by atoms with Crippen LogP contribution in [0.5, 0.6) is 23.0 Å². The van der Waals surface area contributed by atoms with Crippen LogP contribution in [0, 0.1) is 0 Å². The van der Waals surface area contributed by atoms with Crippen LogP contribution < -0.4 is 18.9 Å². The van der Waals surface area contributed by atoms with Crippen molar-refractivity contribution < 1.29 is 33.6 Å². The molecule has 3 heterocycles. The second-order valence-electron chi connectivity index (χ2n) is 8.25. The van der Waals surface area contributed by atoms with Gasteiger partial charge in [-0.3, -0.25) is 14.6 Å². The van der Waals surface area contributed by atoms with Crippen molar-refractivity contribution in [1.29, 1.82) is 0 Å². The summed E-state index contributed by atoms with van der Waals surface area (Å²) in [4.78, 5) is 32.2. The zero-order chi connectivity index (χ0) is 25.2. The maximum absolute atomic E-state index is 13.4. The molecule has 184 valence electrons. The maximum atomic E-state index is 13.4. The minimum Gasteiger partial charge on any atom is -0.507 e. The van der Waals surface area contributed by atoms with Gasteiger partial charge in [0.2, 0.25) is 0 Å². The number of pyridine rings is 1. The molecule has 0 aliphatic carbocycles. The van der Waals surface area contributed by atoms with E-state index in [9.17, 15) is 14.7 Å². The van der Waals surface area contributed by atoms with E-state index in [1.807, 2.05) is 0 Å². The van der Waals surface area contributed by atoms with E-state index in [-0.39, 0.29) is 17.9 Å². The first-order valence-electron chi connectivity index (χ1n) is 11.3. The number of carbonyl (C=O) groups excluding carboxylic acids is 2. The Bertz CT molecular complexity index is 1350. The summed E-state index contributed by atoms with van der Waals surface area (Å²) in [5.41, 5.74) is 1.55. The smallest absolute Gasteiger partial charge is 0.295 e. The van der Waals surface area contributed by atoms with Crippen molar-refractivity contribution in [3.05, 3.63) is 83.2 Å². The summed E-state index contributed by atoms with van der Waals surface area (Å²) in [5.74, 6) is 0.0911. The number of aliphatic hydroxyl groups excluding tert-OH is 1. The van der Waals surface area contributed by atoms with Gasteiger partial charge in [0.05, 0.1) is 25.8 Å². The lowest BCUT2D eigenvalue weighted by Gasteiger charge is -2.27. The number of ether oxygens (including phenoxy) is 4. The second-order valence-corrected chi connectivity index (χ2v) is 8.25. The molecule has 9 nitrogen and oxygen atoms in total. The van der Waals surface area contributed by atoms with E-state index in [0.29, 0.717) is 47.3 Å². The highest BCUT2D eigenvalue weighted by Crippen LogP contribution is 2.45. The lowest BCUT2D eigenvalue weighted by molar-refractivity contribution is -0.140. The summed E-state index contributed by atoms with van der Waals surface area (Å²) in [6, 6.07) is 12.6. The fourth-order valence-electron chi connectivity index (χ4n) is 4.45. The number of fused-ring (bicyclic) bond motifs is 1. The van der Waals surface area contributed by atoms with Gasteiger partial charge in [-0.25, -0.2) is 0 Å². The lowest BCUT2D eigenvalue weighted by Crippen LogP contribution is -2.29. The molecule has 1 atom stereocenters. The Balaban J connectivity index is 1.69. The quantitative estimate of drug-likeness (QED) is 0.319. The molecule has 2 aliphatic rings. The Hall–Kier alpha value is -4.53. The summed E-state index contributed by atoms with van der Waals surface area (Å²) in [6.07, 6.45) is 3.23. The second kappa shape index (κ2) is 9.61. The van der Waals surface area contributed by atoms with Crippen molar-refractivity contribution in [2.45, 2.75) is 12.6 Å². The topological polar surface area (TPSA) is 107 Å². The molecule has 1 saturated heterocycles. The zero-order valence-electron chi connectivity index (χ0n) is 19.8. The molecule has 0 spiro atoms. The molecule has 9 heteroatoms. The van der Waals surface area contributed by atoms with Crippen LogP contribution in [-0.2, 0) is 16.1 Å². The third-order valence-corrected chi connectivity index (χ3v) is 6.19. The Morgan fingerprint density at radius 3 is 2.47 bits per heavy atom. The van der Waals surface area contributed by atoms with E-state index in [2.05, 4.69) is 4.98 Å². The number of hydrogen-bond acceptors (Lipinski definition) is 8. The van der Waals surface area contributed by atoms with E-state index in [1.165, 1.54) is 19.1 Å². The number of methoxy groups -OCH3 is 2. The molecule has 0 saturated carbocycles. The first-order valence-corrected chi connectivity index (χ1v) is 11.3. The number of likely N-dealkylation sites (tertiary alicyclic amines) is 1. The molecule has 1 aromatic heterocycles. The summed E-state index contributed by atoms with van der Waals surface area (Å²) in [7, 11) is 3.02. The van der Waals surface area contributed by atoms with E-state index in [1.54, 1.807) is 60.9 Å². The fourth-order valence-corrected chi connectivity index (χ4v) is 4.45. The van der Waals surface area contributed by atoms with Crippen molar-refractivity contribution in [3.63, 3.8) is 0 Å². The number of rotatable bonds is 6. The number of amides is 1.